The molecule has 1 nitrogen and oxygen atoms in total. The molecule has 0 fully saturated rings. The summed E-state index contributed by atoms with van der Waals surface area (Å²) in [6, 6.07) is 13.2. The van der Waals surface area contributed by atoms with E-state index in [1.54, 1.807) is 0 Å². The minimum atomic E-state index is 0.673. The third kappa shape index (κ3) is 2.63. The van der Waals surface area contributed by atoms with Crippen LogP contribution in [0.25, 0.3) is 0 Å². The molecule has 3 heteroatoms. The number of nitrogens with one attached hydrogen (secondary N) is 1. The van der Waals surface area contributed by atoms with Crippen molar-refractivity contribution in [2.24, 2.45) is 0 Å². The van der Waals surface area contributed by atoms with Gasteiger partial charge in [-0.15, -0.1) is 23.1 Å². The second kappa shape index (κ2) is 5.47. The molecule has 1 aromatic carbocycles. The summed E-state index contributed by atoms with van der Waals surface area (Å²) in [5, 5.41) is 3.59. The lowest BCUT2D eigenvalue weighted by molar-refractivity contribution is 0.625. The minimum Gasteiger partial charge on any atom is -0.311 e. The van der Waals surface area contributed by atoms with Gasteiger partial charge in [-0.1, -0.05) is 18.2 Å². The fourth-order valence-electron chi connectivity index (χ4n) is 2.35. The normalized spacial score (nSPS) is 17.9. The van der Waals surface area contributed by atoms with E-state index in [2.05, 4.69) is 48.6 Å². The van der Waals surface area contributed by atoms with Gasteiger partial charge in [-0.25, -0.2) is 0 Å². The Morgan fingerprint density at radius 3 is 2.94 bits per heavy atom. The van der Waals surface area contributed by atoms with Crippen LogP contribution in [0.3, 0.4) is 0 Å². The SMILES string of the molecule is Cc1ccc(CNCC2CSc3ccccc32)s1. The molecule has 1 aliphatic heterocycles. The molecule has 1 N–H and O–H groups in total. The van der Waals surface area contributed by atoms with Crippen LogP contribution in [0.1, 0.15) is 21.2 Å². The molecule has 0 radical (unpaired) electrons. The van der Waals surface area contributed by atoms with Gasteiger partial charge < -0.3 is 5.32 Å². The van der Waals surface area contributed by atoms with Gasteiger partial charge in [0.1, 0.15) is 0 Å². The largest absolute Gasteiger partial charge is 0.311 e. The molecule has 1 unspecified atom stereocenters. The lowest BCUT2D eigenvalue weighted by atomic mass is 10.0. The highest BCUT2D eigenvalue weighted by atomic mass is 32.2. The zero-order chi connectivity index (χ0) is 12.4. The molecule has 94 valence electrons. The van der Waals surface area contributed by atoms with E-state index in [-0.39, 0.29) is 0 Å². The van der Waals surface area contributed by atoms with Crippen molar-refractivity contribution in [2.45, 2.75) is 24.3 Å². The quantitative estimate of drug-likeness (QED) is 0.904. The lowest BCUT2D eigenvalue weighted by Crippen LogP contribution is -2.20. The van der Waals surface area contributed by atoms with E-state index >= 15 is 0 Å². The maximum absolute atomic E-state index is 3.59. The summed E-state index contributed by atoms with van der Waals surface area (Å²) in [6.45, 7) is 4.25. The number of aryl methyl sites for hydroxylation is 1. The van der Waals surface area contributed by atoms with Gasteiger partial charge in [0, 0.05) is 39.4 Å². The van der Waals surface area contributed by atoms with Gasteiger partial charge in [0.25, 0.3) is 0 Å². The highest BCUT2D eigenvalue weighted by molar-refractivity contribution is 7.99. The van der Waals surface area contributed by atoms with E-state index in [1.165, 1.54) is 26.0 Å². The molecule has 1 aromatic heterocycles. The van der Waals surface area contributed by atoms with Gasteiger partial charge in [0.15, 0.2) is 0 Å². The number of benzene rings is 1. The zero-order valence-corrected chi connectivity index (χ0v) is 12.1. The number of rotatable bonds is 4. The first-order valence-corrected chi connectivity index (χ1v) is 8.11. The monoisotopic (exact) mass is 275 g/mol. The second-order valence-electron chi connectivity index (χ2n) is 4.69. The predicted molar refractivity (Wildman–Crippen MR) is 80.7 cm³/mol. The highest BCUT2D eigenvalue weighted by Gasteiger charge is 2.21. The van der Waals surface area contributed by atoms with Gasteiger partial charge in [0.2, 0.25) is 0 Å². The van der Waals surface area contributed by atoms with Gasteiger partial charge in [-0.3, -0.25) is 0 Å². The first-order valence-electron chi connectivity index (χ1n) is 6.30. The first kappa shape index (κ1) is 12.3. The molecular weight excluding hydrogens is 258 g/mol. The Labute approximate surface area is 117 Å². The maximum Gasteiger partial charge on any atom is 0.0300 e. The fraction of sp³-hybridized carbons (Fsp3) is 0.333. The summed E-state index contributed by atoms with van der Waals surface area (Å²) in [7, 11) is 0. The lowest BCUT2D eigenvalue weighted by Gasteiger charge is -2.11. The number of hydrogen-bond donors (Lipinski definition) is 1. The molecule has 0 saturated heterocycles. The number of hydrogen-bond acceptors (Lipinski definition) is 3. The van der Waals surface area contributed by atoms with Crippen molar-refractivity contribution < 1.29 is 0 Å². The third-order valence-electron chi connectivity index (χ3n) is 3.28. The van der Waals surface area contributed by atoms with E-state index in [9.17, 15) is 0 Å². The Balaban J connectivity index is 1.56. The number of thiophene rings is 1. The Morgan fingerprint density at radius 2 is 2.11 bits per heavy atom. The topological polar surface area (TPSA) is 12.0 Å². The van der Waals surface area contributed by atoms with E-state index in [4.69, 9.17) is 0 Å². The maximum atomic E-state index is 3.59. The van der Waals surface area contributed by atoms with Crippen molar-refractivity contribution in [1.29, 1.82) is 0 Å². The minimum absolute atomic E-state index is 0.673. The van der Waals surface area contributed by atoms with Crippen LogP contribution in [0.2, 0.25) is 0 Å². The van der Waals surface area contributed by atoms with Crippen LogP contribution < -0.4 is 5.32 Å². The number of fused-ring (bicyclic) bond motifs is 1. The average molecular weight is 275 g/mol. The molecule has 2 aromatic rings. The number of thioether (sulfide) groups is 1. The summed E-state index contributed by atoms with van der Waals surface area (Å²) in [5.74, 6) is 1.89. The molecule has 3 rings (SSSR count). The van der Waals surface area contributed by atoms with Crippen molar-refractivity contribution in [3.63, 3.8) is 0 Å². The molecule has 2 heterocycles. The van der Waals surface area contributed by atoms with Crippen molar-refractivity contribution in [3.05, 3.63) is 51.7 Å². The van der Waals surface area contributed by atoms with E-state index in [0.29, 0.717) is 5.92 Å². The Hall–Kier alpha value is -0.770. The van der Waals surface area contributed by atoms with Crippen LogP contribution in [-0.4, -0.2) is 12.3 Å². The molecule has 0 amide bonds. The van der Waals surface area contributed by atoms with Crippen molar-refractivity contribution in [3.8, 4) is 0 Å². The fourth-order valence-corrected chi connectivity index (χ4v) is 4.46. The average Bonchev–Trinajstić information content (AvgIpc) is 2.97. The van der Waals surface area contributed by atoms with Crippen molar-refractivity contribution in [2.75, 3.05) is 12.3 Å². The van der Waals surface area contributed by atoms with Crippen molar-refractivity contribution >= 4 is 23.1 Å². The molecule has 0 aliphatic carbocycles. The molecule has 18 heavy (non-hydrogen) atoms. The van der Waals surface area contributed by atoms with Crippen LogP contribution in [0.15, 0.2) is 41.3 Å². The molecule has 0 spiro atoms. The summed E-state index contributed by atoms with van der Waals surface area (Å²) in [6.07, 6.45) is 0. The Kier molecular flexibility index (Phi) is 3.73. The van der Waals surface area contributed by atoms with Crippen LogP contribution in [0, 0.1) is 6.92 Å². The molecular formula is C15H17NS2. The van der Waals surface area contributed by atoms with E-state index in [1.807, 2.05) is 23.1 Å². The van der Waals surface area contributed by atoms with Crippen LogP contribution in [-0.2, 0) is 6.54 Å². The van der Waals surface area contributed by atoms with Gasteiger partial charge >= 0.3 is 0 Å². The van der Waals surface area contributed by atoms with Gasteiger partial charge in [-0.2, -0.15) is 0 Å². The smallest absolute Gasteiger partial charge is 0.0300 e. The van der Waals surface area contributed by atoms with E-state index in [0.717, 1.165) is 13.1 Å². The highest BCUT2D eigenvalue weighted by Crippen LogP contribution is 2.38. The Bertz CT molecular complexity index is 533. The molecule has 1 aliphatic rings. The summed E-state index contributed by atoms with van der Waals surface area (Å²) >= 11 is 3.88. The summed E-state index contributed by atoms with van der Waals surface area (Å²) in [5.41, 5.74) is 1.53. The predicted octanol–water partition coefficient (Wildman–Crippen LogP) is 4.04. The van der Waals surface area contributed by atoms with E-state index < -0.39 is 0 Å². The third-order valence-corrected chi connectivity index (χ3v) is 5.54. The van der Waals surface area contributed by atoms with Crippen molar-refractivity contribution in [1.82, 2.24) is 5.32 Å². The molecule has 0 bridgehead atoms. The zero-order valence-electron chi connectivity index (χ0n) is 10.5. The summed E-state index contributed by atoms with van der Waals surface area (Å²) in [4.78, 5) is 4.30. The molecule has 0 saturated carbocycles. The van der Waals surface area contributed by atoms with Crippen LogP contribution >= 0.6 is 23.1 Å². The van der Waals surface area contributed by atoms with Crippen LogP contribution in [0.5, 0.6) is 0 Å². The Morgan fingerprint density at radius 1 is 1.22 bits per heavy atom. The van der Waals surface area contributed by atoms with Crippen LogP contribution in [0.4, 0.5) is 0 Å². The van der Waals surface area contributed by atoms with Gasteiger partial charge in [0.05, 0.1) is 0 Å². The molecule has 1 atom stereocenters. The summed E-state index contributed by atoms with van der Waals surface area (Å²) < 4.78 is 0. The second-order valence-corrected chi connectivity index (χ2v) is 7.12. The van der Waals surface area contributed by atoms with Gasteiger partial charge in [-0.05, 0) is 30.7 Å². The first-order chi connectivity index (χ1) is 8.83. The standard InChI is InChI=1S/C15H17NS2/c1-11-6-7-13(18-11)9-16-8-12-10-17-15-5-3-2-4-14(12)15/h2-7,12,16H,8-10H2,1H3.